The van der Waals surface area contributed by atoms with Crippen molar-refractivity contribution in [2.24, 2.45) is 5.92 Å². The van der Waals surface area contributed by atoms with Crippen LogP contribution in [0.25, 0.3) is 0 Å². The molecule has 0 spiro atoms. The lowest BCUT2D eigenvalue weighted by molar-refractivity contribution is -0.122. The number of amides is 1. The van der Waals surface area contributed by atoms with E-state index in [-0.39, 0.29) is 23.7 Å². The molecule has 1 aliphatic heterocycles. The van der Waals surface area contributed by atoms with Crippen molar-refractivity contribution < 1.29 is 9.18 Å². The second kappa shape index (κ2) is 11.0. The van der Waals surface area contributed by atoms with Gasteiger partial charge >= 0.3 is 0 Å². The maximum atomic E-state index is 13.3. The van der Waals surface area contributed by atoms with Crippen molar-refractivity contribution in [2.45, 2.75) is 38.3 Å². The lowest BCUT2D eigenvalue weighted by atomic mass is 9.88. The maximum Gasteiger partial charge on any atom is 0.220 e. The molecule has 1 fully saturated rings. The number of benzene rings is 2. The summed E-state index contributed by atoms with van der Waals surface area (Å²) < 4.78 is 13.3. The van der Waals surface area contributed by atoms with Gasteiger partial charge in [0, 0.05) is 25.7 Å². The number of aryl methyl sites for hydroxylation is 1. The minimum atomic E-state index is -0.210. The third-order valence-corrected chi connectivity index (χ3v) is 6.14. The summed E-state index contributed by atoms with van der Waals surface area (Å²) >= 11 is 0. The average Bonchev–Trinajstić information content (AvgIpc) is 2.84. The number of piperidine rings is 1. The molecular formula is C27H30FN3O. The van der Waals surface area contributed by atoms with Crippen LogP contribution in [0.15, 0.2) is 79.0 Å². The zero-order chi connectivity index (χ0) is 22.2. The van der Waals surface area contributed by atoms with Gasteiger partial charge in [-0.05, 0) is 67.1 Å². The van der Waals surface area contributed by atoms with Gasteiger partial charge in [-0.2, -0.15) is 0 Å². The quantitative estimate of drug-likeness (QED) is 0.550. The molecule has 4 rings (SSSR count). The van der Waals surface area contributed by atoms with E-state index in [0.29, 0.717) is 6.42 Å². The molecule has 1 amide bonds. The molecule has 0 bridgehead atoms. The number of likely N-dealkylation sites (tertiary alicyclic amines) is 1. The lowest BCUT2D eigenvalue weighted by Gasteiger charge is -2.37. The maximum absolute atomic E-state index is 13.3. The van der Waals surface area contributed by atoms with E-state index in [4.69, 9.17) is 0 Å². The van der Waals surface area contributed by atoms with Crippen LogP contribution < -0.4 is 5.32 Å². The Hall–Kier alpha value is -3.05. The smallest absolute Gasteiger partial charge is 0.220 e. The highest BCUT2D eigenvalue weighted by atomic mass is 19.1. The molecule has 1 aliphatic rings. The Morgan fingerprint density at radius 2 is 1.81 bits per heavy atom. The molecule has 1 N–H and O–H groups in total. The van der Waals surface area contributed by atoms with Gasteiger partial charge in [0.15, 0.2) is 0 Å². The molecule has 0 radical (unpaired) electrons. The zero-order valence-corrected chi connectivity index (χ0v) is 18.3. The summed E-state index contributed by atoms with van der Waals surface area (Å²) in [6, 6.07) is 22.6. The van der Waals surface area contributed by atoms with Crippen molar-refractivity contribution in [1.29, 1.82) is 0 Å². The number of carbonyl (C=O) groups excluding carboxylic acids is 1. The lowest BCUT2D eigenvalue weighted by Crippen LogP contribution is -2.43. The second-order valence-electron chi connectivity index (χ2n) is 8.55. The molecule has 3 aromatic rings. The fourth-order valence-corrected chi connectivity index (χ4v) is 4.50. The largest absolute Gasteiger partial charge is 0.347 e. The molecule has 0 saturated carbocycles. The van der Waals surface area contributed by atoms with Crippen LogP contribution in [0.1, 0.15) is 42.1 Å². The molecule has 5 heteroatoms. The number of rotatable bonds is 8. The van der Waals surface area contributed by atoms with Crippen LogP contribution in [0.5, 0.6) is 0 Å². The number of halogens is 1. The van der Waals surface area contributed by atoms with E-state index in [1.54, 1.807) is 6.20 Å². The number of carbonyl (C=O) groups is 1. The van der Waals surface area contributed by atoms with E-state index >= 15 is 0 Å². The van der Waals surface area contributed by atoms with Crippen LogP contribution in [0.4, 0.5) is 4.39 Å². The second-order valence-corrected chi connectivity index (χ2v) is 8.55. The van der Waals surface area contributed by atoms with Gasteiger partial charge in [-0.15, -0.1) is 0 Å². The summed E-state index contributed by atoms with van der Waals surface area (Å²) in [6.07, 6.45) is 5.08. The van der Waals surface area contributed by atoms with Gasteiger partial charge in [-0.25, -0.2) is 4.39 Å². The number of hydrogen-bond donors (Lipinski definition) is 1. The van der Waals surface area contributed by atoms with Gasteiger partial charge in [-0.3, -0.25) is 14.7 Å². The Bertz CT molecular complexity index is 979. The van der Waals surface area contributed by atoms with E-state index in [1.165, 1.54) is 17.7 Å². The van der Waals surface area contributed by atoms with E-state index in [0.717, 1.165) is 50.2 Å². The Balaban J connectivity index is 1.42. The summed E-state index contributed by atoms with van der Waals surface area (Å²) in [5, 5.41) is 3.29. The fraction of sp³-hybridized carbons (Fsp3) is 0.333. The van der Waals surface area contributed by atoms with Gasteiger partial charge in [0.2, 0.25) is 5.91 Å². The number of pyridine rings is 1. The van der Waals surface area contributed by atoms with Crippen LogP contribution in [0.3, 0.4) is 0 Å². The monoisotopic (exact) mass is 431 g/mol. The standard InChI is InChI=1S/C27H30FN3O/c28-24-14-11-22(12-15-24)19-31-18-6-9-23(20-31)27(25-10-4-5-17-29-25)30-26(32)16-13-21-7-2-1-3-8-21/h1-5,7-8,10-12,14-15,17,23,27H,6,9,13,16,18-20H2,(H,30,32)/t23-,27-/m1/s1. The Morgan fingerprint density at radius 3 is 2.56 bits per heavy atom. The number of nitrogens with one attached hydrogen (secondary N) is 1. The number of aromatic nitrogens is 1. The Labute approximate surface area is 189 Å². The number of nitrogens with zero attached hydrogens (tertiary/aromatic N) is 2. The van der Waals surface area contributed by atoms with Gasteiger partial charge in [0.1, 0.15) is 5.82 Å². The minimum Gasteiger partial charge on any atom is -0.347 e. The Kier molecular flexibility index (Phi) is 7.62. The summed E-state index contributed by atoms with van der Waals surface area (Å²) in [6.45, 7) is 2.66. The fourth-order valence-electron chi connectivity index (χ4n) is 4.50. The van der Waals surface area contributed by atoms with Crippen molar-refractivity contribution in [3.8, 4) is 0 Å². The van der Waals surface area contributed by atoms with Gasteiger partial charge < -0.3 is 5.32 Å². The first-order valence-electron chi connectivity index (χ1n) is 11.4. The molecule has 0 unspecified atom stereocenters. The van der Waals surface area contributed by atoms with Crippen LogP contribution in [0, 0.1) is 11.7 Å². The zero-order valence-electron chi connectivity index (χ0n) is 18.3. The highest BCUT2D eigenvalue weighted by molar-refractivity contribution is 5.76. The third-order valence-electron chi connectivity index (χ3n) is 6.14. The van der Waals surface area contributed by atoms with E-state index in [9.17, 15) is 9.18 Å². The molecular weight excluding hydrogens is 401 g/mol. The van der Waals surface area contributed by atoms with Gasteiger partial charge in [0.25, 0.3) is 0 Å². The molecule has 2 heterocycles. The van der Waals surface area contributed by atoms with E-state index in [2.05, 4.69) is 27.3 Å². The predicted molar refractivity (Wildman–Crippen MR) is 124 cm³/mol. The van der Waals surface area contributed by atoms with Crippen molar-refractivity contribution in [3.05, 3.63) is 102 Å². The summed E-state index contributed by atoms with van der Waals surface area (Å²) in [5.74, 6) is 0.124. The van der Waals surface area contributed by atoms with Gasteiger partial charge in [-0.1, -0.05) is 48.5 Å². The van der Waals surface area contributed by atoms with Crippen molar-refractivity contribution in [3.63, 3.8) is 0 Å². The minimum absolute atomic E-state index is 0.0557. The molecule has 2 aromatic carbocycles. The van der Waals surface area contributed by atoms with E-state index in [1.807, 2.05) is 48.5 Å². The van der Waals surface area contributed by atoms with Crippen LogP contribution in [0.2, 0.25) is 0 Å². The Morgan fingerprint density at radius 1 is 1.03 bits per heavy atom. The molecule has 1 saturated heterocycles. The molecule has 2 atom stereocenters. The molecule has 0 aliphatic carbocycles. The topological polar surface area (TPSA) is 45.2 Å². The van der Waals surface area contributed by atoms with Crippen molar-refractivity contribution in [1.82, 2.24) is 15.2 Å². The highest BCUT2D eigenvalue weighted by Gasteiger charge is 2.30. The van der Waals surface area contributed by atoms with Crippen molar-refractivity contribution in [2.75, 3.05) is 13.1 Å². The summed E-state index contributed by atoms with van der Waals surface area (Å²) in [4.78, 5) is 19.8. The van der Waals surface area contributed by atoms with Gasteiger partial charge in [0.05, 0.1) is 11.7 Å². The average molecular weight is 432 g/mol. The SMILES string of the molecule is O=C(CCc1ccccc1)N[C@@H](c1ccccn1)[C@@H]1CCCN(Cc2ccc(F)cc2)C1. The summed E-state index contributed by atoms with van der Waals surface area (Å²) in [7, 11) is 0. The molecule has 4 nitrogen and oxygen atoms in total. The molecule has 1 aromatic heterocycles. The molecule has 166 valence electrons. The first-order chi connectivity index (χ1) is 15.7. The molecule has 32 heavy (non-hydrogen) atoms. The third kappa shape index (κ3) is 6.24. The first-order valence-corrected chi connectivity index (χ1v) is 11.4. The summed E-state index contributed by atoms with van der Waals surface area (Å²) in [5.41, 5.74) is 3.18. The van der Waals surface area contributed by atoms with E-state index < -0.39 is 0 Å². The highest BCUT2D eigenvalue weighted by Crippen LogP contribution is 2.30. The van der Waals surface area contributed by atoms with Crippen LogP contribution >= 0.6 is 0 Å². The van der Waals surface area contributed by atoms with Crippen LogP contribution in [-0.4, -0.2) is 28.9 Å². The normalized spacial score (nSPS) is 17.6. The first kappa shape index (κ1) is 22.2. The van der Waals surface area contributed by atoms with Crippen molar-refractivity contribution >= 4 is 5.91 Å². The number of hydrogen-bond acceptors (Lipinski definition) is 3. The predicted octanol–water partition coefficient (Wildman–Crippen LogP) is 4.92. The van der Waals surface area contributed by atoms with Crippen LogP contribution in [-0.2, 0) is 17.8 Å².